The fourth-order valence-electron chi connectivity index (χ4n) is 0.925. The molecule has 2 rings (SSSR count). The second-order valence-electron chi connectivity index (χ2n) is 2.67. The van der Waals surface area contributed by atoms with E-state index in [1.165, 1.54) is 29.9 Å². The van der Waals surface area contributed by atoms with Crippen LogP contribution in [0.15, 0.2) is 18.6 Å². The molecule has 0 radical (unpaired) electrons. The van der Waals surface area contributed by atoms with E-state index in [2.05, 4.69) is 25.5 Å². The summed E-state index contributed by atoms with van der Waals surface area (Å²) in [7, 11) is 0. The molecule has 0 bridgehead atoms. The SMILES string of the molecule is Cc1nnc(NC(=O)c2cnccn2)s1. The molecule has 2 aromatic heterocycles. The summed E-state index contributed by atoms with van der Waals surface area (Å²) < 4.78 is 0. The molecule has 2 aromatic rings. The summed E-state index contributed by atoms with van der Waals surface area (Å²) >= 11 is 1.31. The van der Waals surface area contributed by atoms with Gasteiger partial charge in [0.15, 0.2) is 0 Å². The van der Waals surface area contributed by atoms with E-state index in [1.54, 1.807) is 0 Å². The molecule has 0 fully saturated rings. The van der Waals surface area contributed by atoms with E-state index in [4.69, 9.17) is 0 Å². The quantitative estimate of drug-likeness (QED) is 0.814. The summed E-state index contributed by atoms with van der Waals surface area (Å²) in [5, 5.41) is 11.4. The van der Waals surface area contributed by atoms with Crippen molar-refractivity contribution in [3.05, 3.63) is 29.3 Å². The molecule has 0 spiro atoms. The molecule has 0 unspecified atom stereocenters. The van der Waals surface area contributed by atoms with E-state index in [0.717, 1.165) is 5.01 Å². The average molecular weight is 221 g/mol. The Kier molecular flexibility index (Phi) is 2.64. The number of nitrogens with one attached hydrogen (secondary N) is 1. The van der Waals surface area contributed by atoms with Crippen molar-refractivity contribution in [2.45, 2.75) is 6.92 Å². The monoisotopic (exact) mass is 221 g/mol. The lowest BCUT2D eigenvalue weighted by molar-refractivity contribution is 0.102. The molecule has 1 N–H and O–H groups in total. The highest BCUT2D eigenvalue weighted by Gasteiger charge is 2.09. The summed E-state index contributed by atoms with van der Waals surface area (Å²) in [4.78, 5) is 19.2. The lowest BCUT2D eigenvalue weighted by atomic mass is 10.4. The number of aryl methyl sites for hydroxylation is 1. The summed E-state index contributed by atoms with van der Waals surface area (Å²) in [6.45, 7) is 1.82. The van der Waals surface area contributed by atoms with Gasteiger partial charge in [-0.05, 0) is 6.92 Å². The molecular formula is C8H7N5OS. The number of anilines is 1. The lowest BCUT2D eigenvalue weighted by Gasteiger charge is -1.97. The molecule has 0 saturated carbocycles. The number of nitrogens with zero attached hydrogens (tertiary/aromatic N) is 4. The third-order valence-electron chi connectivity index (χ3n) is 1.54. The fourth-order valence-corrected chi connectivity index (χ4v) is 1.51. The first-order valence-electron chi connectivity index (χ1n) is 4.13. The van der Waals surface area contributed by atoms with Crippen LogP contribution in [0.3, 0.4) is 0 Å². The topological polar surface area (TPSA) is 80.7 Å². The van der Waals surface area contributed by atoms with E-state index in [0.29, 0.717) is 5.13 Å². The molecule has 6 nitrogen and oxygen atoms in total. The largest absolute Gasteiger partial charge is 0.295 e. The molecular weight excluding hydrogens is 214 g/mol. The van der Waals surface area contributed by atoms with Crippen LogP contribution in [0.4, 0.5) is 5.13 Å². The van der Waals surface area contributed by atoms with Crippen LogP contribution in [0.25, 0.3) is 0 Å². The van der Waals surface area contributed by atoms with E-state index >= 15 is 0 Å². The zero-order valence-electron chi connectivity index (χ0n) is 7.84. The lowest BCUT2D eigenvalue weighted by Crippen LogP contribution is -2.13. The van der Waals surface area contributed by atoms with E-state index in [9.17, 15) is 4.79 Å². The molecule has 7 heteroatoms. The van der Waals surface area contributed by atoms with Crippen LogP contribution in [0, 0.1) is 6.92 Å². The third kappa shape index (κ3) is 2.32. The first kappa shape index (κ1) is 9.66. The number of aromatic nitrogens is 4. The first-order valence-corrected chi connectivity index (χ1v) is 4.95. The van der Waals surface area contributed by atoms with E-state index < -0.39 is 0 Å². The maximum absolute atomic E-state index is 11.5. The molecule has 0 aromatic carbocycles. The van der Waals surface area contributed by atoms with Gasteiger partial charge in [-0.3, -0.25) is 15.1 Å². The predicted octanol–water partition coefficient (Wildman–Crippen LogP) is 0.889. The maximum Gasteiger partial charge on any atom is 0.277 e. The van der Waals surface area contributed by atoms with Crippen molar-refractivity contribution < 1.29 is 4.79 Å². The molecule has 0 saturated heterocycles. The van der Waals surface area contributed by atoms with Crippen molar-refractivity contribution in [2.75, 3.05) is 5.32 Å². The smallest absolute Gasteiger partial charge is 0.277 e. The van der Waals surface area contributed by atoms with Crippen molar-refractivity contribution in [2.24, 2.45) is 0 Å². The van der Waals surface area contributed by atoms with Crippen LogP contribution in [-0.2, 0) is 0 Å². The Labute approximate surface area is 89.4 Å². The average Bonchev–Trinajstić information content (AvgIpc) is 2.65. The second-order valence-corrected chi connectivity index (χ2v) is 3.85. The number of hydrogen-bond donors (Lipinski definition) is 1. The summed E-state index contributed by atoms with van der Waals surface area (Å²) in [6.07, 6.45) is 4.36. The van der Waals surface area contributed by atoms with Crippen LogP contribution >= 0.6 is 11.3 Å². The summed E-state index contributed by atoms with van der Waals surface area (Å²) in [6, 6.07) is 0. The Bertz CT molecular complexity index is 469. The molecule has 2 heterocycles. The Morgan fingerprint density at radius 3 is 2.87 bits per heavy atom. The molecule has 0 aliphatic rings. The number of hydrogen-bond acceptors (Lipinski definition) is 6. The Balaban J connectivity index is 2.11. The van der Waals surface area contributed by atoms with Crippen molar-refractivity contribution in [1.29, 1.82) is 0 Å². The van der Waals surface area contributed by atoms with Crippen LogP contribution in [0.2, 0.25) is 0 Å². The summed E-state index contributed by atoms with van der Waals surface area (Å²) in [5.74, 6) is -0.334. The number of carbonyl (C=O) groups is 1. The number of rotatable bonds is 2. The van der Waals surface area contributed by atoms with Gasteiger partial charge in [0, 0.05) is 12.4 Å². The van der Waals surface area contributed by atoms with Gasteiger partial charge < -0.3 is 0 Å². The highest BCUT2D eigenvalue weighted by Crippen LogP contribution is 2.14. The van der Waals surface area contributed by atoms with Gasteiger partial charge in [-0.15, -0.1) is 10.2 Å². The molecule has 0 atom stereocenters. The van der Waals surface area contributed by atoms with Crippen molar-refractivity contribution in [3.63, 3.8) is 0 Å². The van der Waals surface area contributed by atoms with Crippen LogP contribution in [0.1, 0.15) is 15.5 Å². The third-order valence-corrected chi connectivity index (χ3v) is 2.30. The van der Waals surface area contributed by atoms with Gasteiger partial charge >= 0.3 is 0 Å². The van der Waals surface area contributed by atoms with Gasteiger partial charge in [-0.25, -0.2) is 4.98 Å². The van der Waals surface area contributed by atoms with Crippen LogP contribution in [0.5, 0.6) is 0 Å². The minimum atomic E-state index is -0.334. The molecule has 76 valence electrons. The molecule has 1 amide bonds. The Hall–Kier alpha value is -1.89. The molecule has 0 aliphatic heterocycles. The standard InChI is InChI=1S/C8H7N5OS/c1-5-12-13-8(15-5)11-7(14)6-4-9-2-3-10-6/h2-4H,1H3,(H,11,13,14). The highest BCUT2D eigenvalue weighted by atomic mass is 32.1. The highest BCUT2D eigenvalue weighted by molar-refractivity contribution is 7.15. The van der Waals surface area contributed by atoms with Crippen LogP contribution in [-0.4, -0.2) is 26.1 Å². The van der Waals surface area contributed by atoms with Gasteiger partial charge in [0.05, 0.1) is 6.20 Å². The van der Waals surface area contributed by atoms with Gasteiger partial charge in [0.25, 0.3) is 5.91 Å². The van der Waals surface area contributed by atoms with E-state index in [-0.39, 0.29) is 11.6 Å². The van der Waals surface area contributed by atoms with Gasteiger partial charge in [-0.1, -0.05) is 11.3 Å². The Morgan fingerprint density at radius 1 is 1.40 bits per heavy atom. The van der Waals surface area contributed by atoms with Gasteiger partial charge in [0.1, 0.15) is 10.7 Å². The predicted molar refractivity (Wildman–Crippen MR) is 54.6 cm³/mol. The van der Waals surface area contributed by atoms with Gasteiger partial charge in [-0.2, -0.15) is 0 Å². The number of carbonyl (C=O) groups excluding carboxylic acids is 1. The van der Waals surface area contributed by atoms with Crippen molar-refractivity contribution in [1.82, 2.24) is 20.2 Å². The molecule has 0 aliphatic carbocycles. The van der Waals surface area contributed by atoms with Crippen LogP contribution < -0.4 is 5.32 Å². The van der Waals surface area contributed by atoms with Crippen molar-refractivity contribution in [3.8, 4) is 0 Å². The first-order chi connectivity index (χ1) is 7.25. The molecule has 15 heavy (non-hydrogen) atoms. The van der Waals surface area contributed by atoms with E-state index in [1.807, 2.05) is 6.92 Å². The normalized spacial score (nSPS) is 9.93. The zero-order chi connectivity index (χ0) is 10.7. The fraction of sp³-hybridized carbons (Fsp3) is 0.125. The second kappa shape index (κ2) is 4.09. The van der Waals surface area contributed by atoms with Crippen molar-refractivity contribution >= 4 is 22.4 Å². The zero-order valence-corrected chi connectivity index (χ0v) is 8.65. The number of amides is 1. The van der Waals surface area contributed by atoms with Gasteiger partial charge in [0.2, 0.25) is 5.13 Å². The maximum atomic E-state index is 11.5. The Morgan fingerprint density at radius 2 is 2.27 bits per heavy atom. The summed E-state index contributed by atoms with van der Waals surface area (Å²) in [5.41, 5.74) is 0.255. The minimum absolute atomic E-state index is 0.255. The minimum Gasteiger partial charge on any atom is -0.295 e.